The van der Waals surface area contributed by atoms with Crippen LogP contribution < -0.4 is 14.8 Å². The Morgan fingerprint density at radius 1 is 1.04 bits per heavy atom. The van der Waals surface area contributed by atoms with E-state index >= 15 is 0 Å². The van der Waals surface area contributed by atoms with Gasteiger partial charge in [0, 0.05) is 6.54 Å². The average molecular weight is 357 g/mol. The van der Waals surface area contributed by atoms with Gasteiger partial charge in [0.15, 0.2) is 6.61 Å². The van der Waals surface area contributed by atoms with Crippen LogP contribution in [0.2, 0.25) is 0 Å². The van der Waals surface area contributed by atoms with Crippen LogP contribution in [0.15, 0.2) is 48.5 Å². The summed E-state index contributed by atoms with van der Waals surface area (Å²) in [7, 11) is 1.54. The Balaban J connectivity index is 1.79. The molecule has 2 rings (SSSR count). The first-order valence-electron chi connectivity index (χ1n) is 8.42. The number of nitrogens with one attached hydrogen (secondary N) is 1. The number of ether oxygens (including phenoxy) is 3. The first-order valence-corrected chi connectivity index (χ1v) is 8.42. The monoisotopic (exact) mass is 357 g/mol. The topological polar surface area (TPSA) is 73.9 Å². The Bertz CT molecular complexity index is 727. The van der Waals surface area contributed by atoms with Gasteiger partial charge in [0.2, 0.25) is 0 Å². The molecule has 0 fully saturated rings. The number of rotatable bonds is 9. The van der Waals surface area contributed by atoms with Crippen LogP contribution in [0.1, 0.15) is 22.8 Å². The standard InChI is InChI=1S/C20H23NO5/c1-3-25-19(22)14-26-16-10-8-15(9-11-16)12-13-21-20(23)17-6-4-5-7-18(17)24-2/h4-11H,3,12-14H2,1-2H3,(H,21,23). The van der Waals surface area contributed by atoms with Gasteiger partial charge >= 0.3 is 5.97 Å². The molecule has 0 aromatic heterocycles. The van der Waals surface area contributed by atoms with E-state index in [1.807, 2.05) is 18.2 Å². The lowest BCUT2D eigenvalue weighted by Crippen LogP contribution is -2.26. The molecule has 0 saturated heterocycles. The van der Waals surface area contributed by atoms with Crippen LogP contribution in [0.3, 0.4) is 0 Å². The SMILES string of the molecule is CCOC(=O)COc1ccc(CCNC(=O)c2ccccc2OC)cc1. The number of hydrogen-bond donors (Lipinski definition) is 1. The van der Waals surface area contributed by atoms with Crippen molar-refractivity contribution < 1.29 is 23.8 Å². The molecule has 138 valence electrons. The number of amides is 1. The zero-order chi connectivity index (χ0) is 18.8. The van der Waals surface area contributed by atoms with Crippen molar-refractivity contribution in [3.8, 4) is 11.5 Å². The van der Waals surface area contributed by atoms with E-state index in [4.69, 9.17) is 14.2 Å². The highest BCUT2D eigenvalue weighted by Crippen LogP contribution is 2.17. The number of esters is 1. The fourth-order valence-corrected chi connectivity index (χ4v) is 2.35. The summed E-state index contributed by atoms with van der Waals surface area (Å²) in [5, 5.41) is 2.88. The number of methoxy groups -OCH3 is 1. The molecule has 2 aromatic carbocycles. The van der Waals surface area contributed by atoms with E-state index in [-0.39, 0.29) is 12.5 Å². The van der Waals surface area contributed by atoms with Gasteiger partial charge in [0.1, 0.15) is 11.5 Å². The van der Waals surface area contributed by atoms with Crippen molar-refractivity contribution in [2.24, 2.45) is 0 Å². The second kappa shape index (κ2) is 10.1. The number of carbonyl (C=O) groups excluding carboxylic acids is 2. The summed E-state index contributed by atoms with van der Waals surface area (Å²) in [4.78, 5) is 23.5. The maximum absolute atomic E-state index is 12.2. The third kappa shape index (κ3) is 5.81. The lowest BCUT2D eigenvalue weighted by molar-refractivity contribution is -0.145. The Morgan fingerprint density at radius 2 is 1.77 bits per heavy atom. The molecular weight excluding hydrogens is 334 g/mol. The van der Waals surface area contributed by atoms with E-state index < -0.39 is 5.97 Å². The fraction of sp³-hybridized carbons (Fsp3) is 0.300. The fourth-order valence-electron chi connectivity index (χ4n) is 2.35. The molecule has 6 nitrogen and oxygen atoms in total. The predicted octanol–water partition coefficient (Wildman–Crippen LogP) is 2.61. The normalized spacial score (nSPS) is 10.1. The first-order chi connectivity index (χ1) is 12.6. The molecular formula is C20H23NO5. The smallest absolute Gasteiger partial charge is 0.344 e. The molecule has 6 heteroatoms. The van der Waals surface area contributed by atoms with Crippen molar-refractivity contribution >= 4 is 11.9 Å². The number of carbonyl (C=O) groups is 2. The van der Waals surface area contributed by atoms with Gasteiger partial charge in [-0.15, -0.1) is 0 Å². The lowest BCUT2D eigenvalue weighted by Gasteiger charge is -2.09. The number of para-hydroxylation sites is 1. The molecule has 0 unspecified atom stereocenters. The molecule has 2 aromatic rings. The highest BCUT2D eigenvalue weighted by molar-refractivity contribution is 5.96. The van der Waals surface area contributed by atoms with E-state index in [9.17, 15) is 9.59 Å². The van der Waals surface area contributed by atoms with Crippen molar-refractivity contribution in [1.29, 1.82) is 0 Å². The van der Waals surface area contributed by atoms with Gasteiger partial charge in [-0.1, -0.05) is 24.3 Å². The summed E-state index contributed by atoms with van der Waals surface area (Å²) in [6, 6.07) is 14.5. The van der Waals surface area contributed by atoms with Gasteiger partial charge in [-0.05, 0) is 43.2 Å². The summed E-state index contributed by atoms with van der Waals surface area (Å²) in [6.07, 6.45) is 0.680. The van der Waals surface area contributed by atoms with Crippen LogP contribution in [0.4, 0.5) is 0 Å². The number of benzene rings is 2. The second-order valence-corrected chi connectivity index (χ2v) is 5.44. The second-order valence-electron chi connectivity index (χ2n) is 5.44. The zero-order valence-corrected chi connectivity index (χ0v) is 15.0. The summed E-state index contributed by atoms with van der Waals surface area (Å²) >= 11 is 0. The van der Waals surface area contributed by atoms with E-state index in [0.717, 1.165) is 5.56 Å². The Labute approximate surface area is 153 Å². The Hall–Kier alpha value is -3.02. The molecule has 0 heterocycles. The molecule has 1 amide bonds. The van der Waals surface area contributed by atoms with Crippen LogP contribution in [0.25, 0.3) is 0 Å². The van der Waals surface area contributed by atoms with Crippen molar-refractivity contribution in [3.05, 3.63) is 59.7 Å². The van der Waals surface area contributed by atoms with Gasteiger partial charge in [0.25, 0.3) is 5.91 Å². The minimum absolute atomic E-state index is 0.109. The van der Waals surface area contributed by atoms with E-state index in [1.54, 1.807) is 37.3 Å². The number of hydrogen-bond acceptors (Lipinski definition) is 5. The van der Waals surface area contributed by atoms with Crippen LogP contribution >= 0.6 is 0 Å². The zero-order valence-electron chi connectivity index (χ0n) is 15.0. The molecule has 0 aliphatic carbocycles. The summed E-state index contributed by atoms with van der Waals surface area (Å²) < 4.78 is 15.3. The minimum atomic E-state index is -0.393. The van der Waals surface area contributed by atoms with Gasteiger partial charge < -0.3 is 19.5 Å². The van der Waals surface area contributed by atoms with Crippen LogP contribution in [-0.2, 0) is 16.0 Å². The summed E-state index contributed by atoms with van der Waals surface area (Å²) in [5.41, 5.74) is 1.56. The van der Waals surface area contributed by atoms with Gasteiger partial charge in [-0.3, -0.25) is 4.79 Å². The molecule has 1 N–H and O–H groups in total. The maximum atomic E-state index is 12.2. The summed E-state index contributed by atoms with van der Waals surface area (Å²) in [6.45, 7) is 2.48. The largest absolute Gasteiger partial charge is 0.496 e. The third-order valence-corrected chi connectivity index (χ3v) is 3.64. The van der Waals surface area contributed by atoms with E-state index in [1.165, 1.54) is 7.11 Å². The lowest BCUT2D eigenvalue weighted by atomic mass is 10.1. The minimum Gasteiger partial charge on any atom is -0.496 e. The quantitative estimate of drug-likeness (QED) is 0.699. The Kier molecular flexibility index (Phi) is 7.49. The molecule has 0 saturated carbocycles. The first kappa shape index (κ1) is 19.3. The van der Waals surface area contributed by atoms with Crippen LogP contribution in [0, 0.1) is 0 Å². The highest BCUT2D eigenvalue weighted by Gasteiger charge is 2.10. The third-order valence-electron chi connectivity index (χ3n) is 3.64. The van der Waals surface area contributed by atoms with Crippen LogP contribution in [0.5, 0.6) is 11.5 Å². The van der Waals surface area contributed by atoms with Crippen molar-refractivity contribution in [2.75, 3.05) is 26.9 Å². The predicted molar refractivity (Wildman–Crippen MR) is 97.6 cm³/mol. The van der Waals surface area contributed by atoms with Gasteiger partial charge in [0.05, 0.1) is 19.3 Å². The van der Waals surface area contributed by atoms with Crippen molar-refractivity contribution in [2.45, 2.75) is 13.3 Å². The van der Waals surface area contributed by atoms with Crippen molar-refractivity contribution in [1.82, 2.24) is 5.32 Å². The van der Waals surface area contributed by atoms with Crippen molar-refractivity contribution in [3.63, 3.8) is 0 Å². The molecule has 0 aliphatic heterocycles. The maximum Gasteiger partial charge on any atom is 0.344 e. The molecule has 0 atom stereocenters. The van der Waals surface area contributed by atoms with Gasteiger partial charge in [-0.25, -0.2) is 4.79 Å². The average Bonchev–Trinajstić information content (AvgIpc) is 2.67. The van der Waals surface area contributed by atoms with Crippen LogP contribution in [-0.4, -0.2) is 38.7 Å². The van der Waals surface area contributed by atoms with E-state index in [0.29, 0.717) is 36.6 Å². The molecule has 0 spiro atoms. The molecule has 0 radical (unpaired) electrons. The highest BCUT2D eigenvalue weighted by atomic mass is 16.6. The van der Waals surface area contributed by atoms with E-state index in [2.05, 4.69) is 5.32 Å². The molecule has 0 aliphatic rings. The summed E-state index contributed by atoms with van der Waals surface area (Å²) in [5.74, 6) is 0.584. The molecule has 26 heavy (non-hydrogen) atoms. The van der Waals surface area contributed by atoms with Gasteiger partial charge in [-0.2, -0.15) is 0 Å². The Morgan fingerprint density at radius 3 is 2.46 bits per heavy atom. The molecule has 0 bridgehead atoms.